The van der Waals surface area contributed by atoms with Gasteiger partial charge in [-0.2, -0.15) is 0 Å². The van der Waals surface area contributed by atoms with Gasteiger partial charge in [0, 0.05) is 5.56 Å². The van der Waals surface area contributed by atoms with Crippen LogP contribution >= 0.6 is 11.8 Å². The zero-order valence-corrected chi connectivity index (χ0v) is 20.9. The van der Waals surface area contributed by atoms with E-state index in [0.29, 0.717) is 24.3 Å². The van der Waals surface area contributed by atoms with Crippen LogP contribution < -0.4 is 10.6 Å². The summed E-state index contributed by atoms with van der Waals surface area (Å²) in [6.45, 7) is 5.65. The third-order valence-electron chi connectivity index (χ3n) is 5.20. The molecule has 0 aliphatic heterocycles. The van der Waals surface area contributed by atoms with Crippen LogP contribution in [0.25, 0.3) is 0 Å². The molecule has 6 nitrogen and oxygen atoms in total. The van der Waals surface area contributed by atoms with E-state index in [0.717, 1.165) is 18.6 Å². The fourth-order valence-corrected chi connectivity index (χ4v) is 4.24. The van der Waals surface area contributed by atoms with Gasteiger partial charge in [-0.1, -0.05) is 33.6 Å². The number of halogens is 3. The second-order valence-electron chi connectivity index (χ2n) is 8.65. The second kappa shape index (κ2) is 14.0. The van der Waals surface area contributed by atoms with Crippen LogP contribution in [0.4, 0.5) is 13.2 Å². The zero-order valence-electron chi connectivity index (χ0n) is 20.0. The van der Waals surface area contributed by atoms with E-state index < -0.39 is 46.9 Å². The van der Waals surface area contributed by atoms with Crippen molar-refractivity contribution in [2.24, 2.45) is 5.92 Å². The van der Waals surface area contributed by atoms with Crippen molar-refractivity contribution in [3.05, 3.63) is 59.3 Å². The first-order chi connectivity index (χ1) is 16.6. The Morgan fingerprint density at radius 2 is 1.74 bits per heavy atom. The molecule has 2 atom stereocenters. The average molecular weight is 513 g/mol. The van der Waals surface area contributed by atoms with Crippen LogP contribution in [-0.4, -0.2) is 35.4 Å². The van der Waals surface area contributed by atoms with Gasteiger partial charge in [-0.25, -0.2) is 13.2 Å². The number of Topliss-reactive ketones (excluding diaryl/α,β-unsaturated/α-hetero) is 1. The summed E-state index contributed by atoms with van der Waals surface area (Å²) in [6, 6.07) is 2.93. The zero-order chi connectivity index (χ0) is 26.0. The highest BCUT2D eigenvalue weighted by molar-refractivity contribution is 7.99. The molecule has 35 heavy (non-hydrogen) atoms. The summed E-state index contributed by atoms with van der Waals surface area (Å²) in [4.78, 5) is 38.5. The van der Waals surface area contributed by atoms with Crippen LogP contribution in [0.5, 0.6) is 0 Å². The molecule has 0 saturated carbocycles. The molecule has 1 aromatic heterocycles. The molecule has 0 aliphatic rings. The molecule has 2 amide bonds. The summed E-state index contributed by atoms with van der Waals surface area (Å²) in [5.41, 5.74) is -0.448. The van der Waals surface area contributed by atoms with Crippen LogP contribution in [0.3, 0.4) is 0 Å². The first kappa shape index (κ1) is 28.5. The number of hydrogen-bond acceptors (Lipinski definition) is 5. The van der Waals surface area contributed by atoms with E-state index in [1.165, 1.54) is 11.8 Å². The summed E-state index contributed by atoms with van der Waals surface area (Å²) < 4.78 is 45.6. The lowest BCUT2D eigenvalue weighted by Gasteiger charge is -2.24. The molecule has 0 spiro atoms. The number of benzene rings is 1. The molecule has 0 saturated heterocycles. The minimum absolute atomic E-state index is 0.0126. The minimum atomic E-state index is -1.68. The van der Waals surface area contributed by atoms with Crippen molar-refractivity contribution in [3.8, 4) is 0 Å². The summed E-state index contributed by atoms with van der Waals surface area (Å²) in [7, 11) is 0. The maximum Gasteiger partial charge on any atom is 0.252 e. The maximum atomic E-state index is 13.6. The number of furan rings is 1. The molecule has 2 aromatic rings. The van der Waals surface area contributed by atoms with Gasteiger partial charge < -0.3 is 15.1 Å². The van der Waals surface area contributed by atoms with E-state index in [-0.39, 0.29) is 23.9 Å². The summed E-state index contributed by atoms with van der Waals surface area (Å²) in [5, 5.41) is 5.21. The Morgan fingerprint density at radius 1 is 1.06 bits per heavy atom. The Bertz CT molecular complexity index is 976. The lowest BCUT2D eigenvalue weighted by Crippen LogP contribution is -2.52. The number of unbranched alkanes of at least 4 members (excludes halogenated alkanes) is 1. The molecule has 0 fully saturated rings. The van der Waals surface area contributed by atoms with Gasteiger partial charge in [0.25, 0.3) is 5.91 Å². The number of ketones is 1. The Hall–Kier alpha value is -2.75. The highest BCUT2D eigenvalue weighted by atomic mass is 32.2. The maximum absolute atomic E-state index is 13.6. The quantitative estimate of drug-likeness (QED) is 0.347. The monoisotopic (exact) mass is 512 g/mol. The number of rotatable bonds is 14. The van der Waals surface area contributed by atoms with Gasteiger partial charge in [-0.3, -0.25) is 14.4 Å². The first-order valence-electron chi connectivity index (χ1n) is 11.5. The number of nitrogens with one attached hydrogen (secondary N) is 2. The van der Waals surface area contributed by atoms with E-state index in [4.69, 9.17) is 4.42 Å². The van der Waals surface area contributed by atoms with Crippen LogP contribution in [0.2, 0.25) is 0 Å². The van der Waals surface area contributed by atoms with E-state index in [1.807, 2.05) is 26.8 Å². The molecule has 1 aromatic carbocycles. The Kier molecular flexibility index (Phi) is 11.4. The fourth-order valence-electron chi connectivity index (χ4n) is 3.37. The molecular formula is C25H31F3N2O4S. The molecule has 0 bridgehead atoms. The number of carbonyl (C=O) groups is 3. The molecule has 0 aliphatic carbocycles. The molecule has 1 heterocycles. The smallest absolute Gasteiger partial charge is 0.252 e. The Labute approximate surface area is 207 Å². The van der Waals surface area contributed by atoms with Gasteiger partial charge in [0.05, 0.1) is 23.8 Å². The summed E-state index contributed by atoms with van der Waals surface area (Å²) >= 11 is 1.37. The normalized spacial score (nSPS) is 12.9. The predicted octanol–water partition coefficient (Wildman–Crippen LogP) is 5.02. The average Bonchev–Trinajstić information content (AvgIpc) is 3.32. The molecule has 2 unspecified atom stereocenters. The summed E-state index contributed by atoms with van der Waals surface area (Å²) in [6.07, 6.45) is 3.77. The van der Waals surface area contributed by atoms with Crippen LogP contribution in [0.1, 0.15) is 62.6 Å². The van der Waals surface area contributed by atoms with Crippen molar-refractivity contribution in [3.63, 3.8) is 0 Å². The third-order valence-corrected chi connectivity index (χ3v) is 6.17. The van der Waals surface area contributed by atoms with E-state index >= 15 is 0 Å². The van der Waals surface area contributed by atoms with E-state index in [9.17, 15) is 27.6 Å². The van der Waals surface area contributed by atoms with Crippen molar-refractivity contribution >= 4 is 29.4 Å². The van der Waals surface area contributed by atoms with Crippen LogP contribution in [-0.2, 0) is 15.3 Å². The van der Waals surface area contributed by atoms with Crippen molar-refractivity contribution in [2.45, 2.75) is 64.3 Å². The first-order valence-corrected chi connectivity index (χ1v) is 12.7. The standard InChI is InChI=1S/C25H31F3N2O4S/c1-4-5-8-20(22(31)14-35-13-17-7-6-9-34-17)29-25(33)21(10-15(2)3)30-24(32)16-11-18(26)23(28)19(27)12-16/h6-7,9,11-12,15,20-21H,4-5,8,10,13-14H2,1-3H3,(H,29,33)(H,30,32). The number of hydrogen-bond donors (Lipinski definition) is 2. The van der Waals surface area contributed by atoms with Gasteiger partial charge >= 0.3 is 0 Å². The Morgan fingerprint density at radius 3 is 2.31 bits per heavy atom. The molecule has 192 valence electrons. The SMILES string of the molecule is CCCCC(NC(=O)C(CC(C)C)NC(=O)c1cc(F)c(F)c(F)c1)C(=O)CSCc1ccco1. The molecule has 2 N–H and O–H groups in total. The highest BCUT2D eigenvalue weighted by Gasteiger charge is 2.28. The van der Waals surface area contributed by atoms with E-state index in [2.05, 4.69) is 10.6 Å². The third kappa shape index (κ3) is 9.08. The van der Waals surface area contributed by atoms with Gasteiger partial charge in [0.15, 0.2) is 23.2 Å². The molecule has 10 heteroatoms. The predicted molar refractivity (Wildman–Crippen MR) is 128 cm³/mol. The molecule has 2 rings (SSSR count). The Balaban J connectivity index is 2.08. The van der Waals surface area contributed by atoms with Crippen LogP contribution in [0, 0.1) is 23.4 Å². The topological polar surface area (TPSA) is 88.4 Å². The number of amides is 2. The highest BCUT2D eigenvalue weighted by Crippen LogP contribution is 2.16. The molecular weight excluding hydrogens is 481 g/mol. The molecule has 0 radical (unpaired) electrons. The minimum Gasteiger partial charge on any atom is -0.468 e. The summed E-state index contributed by atoms with van der Waals surface area (Å²) in [5.74, 6) is -4.91. The lowest BCUT2D eigenvalue weighted by molar-refractivity contribution is -0.128. The second-order valence-corrected chi connectivity index (χ2v) is 9.64. The van der Waals surface area contributed by atoms with Gasteiger partial charge in [-0.15, -0.1) is 11.8 Å². The van der Waals surface area contributed by atoms with Crippen molar-refractivity contribution in [1.29, 1.82) is 0 Å². The van der Waals surface area contributed by atoms with Gasteiger partial charge in [0.1, 0.15) is 11.8 Å². The van der Waals surface area contributed by atoms with Gasteiger partial charge in [0.2, 0.25) is 5.91 Å². The van der Waals surface area contributed by atoms with Gasteiger partial charge in [-0.05, 0) is 43.0 Å². The van der Waals surface area contributed by atoms with Crippen molar-refractivity contribution < 1.29 is 32.0 Å². The van der Waals surface area contributed by atoms with Crippen molar-refractivity contribution in [2.75, 3.05) is 5.75 Å². The lowest BCUT2D eigenvalue weighted by atomic mass is 10.0. The number of thioether (sulfide) groups is 1. The van der Waals surface area contributed by atoms with Crippen LogP contribution in [0.15, 0.2) is 34.9 Å². The van der Waals surface area contributed by atoms with E-state index in [1.54, 1.807) is 12.3 Å². The largest absolute Gasteiger partial charge is 0.468 e. The van der Waals surface area contributed by atoms with Crippen molar-refractivity contribution in [1.82, 2.24) is 10.6 Å². The number of carbonyl (C=O) groups excluding carboxylic acids is 3. The fraction of sp³-hybridized carbons (Fsp3) is 0.480.